The number of amides is 2. The molecule has 0 spiro atoms. The van der Waals surface area contributed by atoms with Crippen molar-refractivity contribution in [3.8, 4) is 0 Å². The lowest BCUT2D eigenvalue weighted by Gasteiger charge is -2.22. The maximum absolute atomic E-state index is 11.7. The molecular formula is C13H19N3O2. The van der Waals surface area contributed by atoms with E-state index in [0.717, 1.165) is 5.56 Å². The molecule has 2 amide bonds. The molecule has 1 aromatic rings. The average Bonchev–Trinajstić information content (AvgIpc) is 2.25. The Hall–Kier alpha value is -2.04. The van der Waals surface area contributed by atoms with Gasteiger partial charge in [-0.1, -0.05) is 12.1 Å². The van der Waals surface area contributed by atoms with E-state index in [1.165, 1.54) is 0 Å². The predicted molar refractivity (Wildman–Crippen MR) is 70.6 cm³/mol. The Morgan fingerprint density at radius 3 is 2.56 bits per heavy atom. The fourth-order valence-corrected chi connectivity index (χ4v) is 1.48. The smallest absolute Gasteiger partial charge is 0.242 e. The first-order valence-electron chi connectivity index (χ1n) is 5.76. The number of benzene rings is 1. The summed E-state index contributed by atoms with van der Waals surface area (Å²) in [5.41, 5.74) is 11.5. The molecule has 5 nitrogen and oxygen atoms in total. The zero-order chi connectivity index (χ0) is 13.8. The minimum Gasteiger partial charge on any atom is -0.399 e. The zero-order valence-electron chi connectivity index (χ0n) is 10.7. The summed E-state index contributed by atoms with van der Waals surface area (Å²) < 4.78 is 0. The van der Waals surface area contributed by atoms with Crippen molar-refractivity contribution in [1.82, 2.24) is 5.32 Å². The van der Waals surface area contributed by atoms with Gasteiger partial charge in [-0.3, -0.25) is 9.59 Å². The lowest BCUT2D eigenvalue weighted by Crippen LogP contribution is -2.53. The van der Waals surface area contributed by atoms with Crippen molar-refractivity contribution in [3.05, 3.63) is 29.8 Å². The van der Waals surface area contributed by atoms with Gasteiger partial charge in [0.1, 0.15) is 5.54 Å². The third-order valence-corrected chi connectivity index (χ3v) is 2.66. The largest absolute Gasteiger partial charge is 0.399 e. The molecule has 0 saturated heterocycles. The van der Waals surface area contributed by atoms with Crippen LogP contribution in [0, 0.1) is 0 Å². The van der Waals surface area contributed by atoms with Gasteiger partial charge in [-0.25, -0.2) is 0 Å². The van der Waals surface area contributed by atoms with Gasteiger partial charge in [0.15, 0.2) is 0 Å². The number of aryl methyl sites for hydroxylation is 1. The van der Waals surface area contributed by atoms with Crippen LogP contribution in [0.25, 0.3) is 0 Å². The monoisotopic (exact) mass is 249 g/mol. The lowest BCUT2D eigenvalue weighted by molar-refractivity contribution is -0.130. The molecule has 0 aliphatic rings. The molecule has 0 unspecified atom stereocenters. The third-order valence-electron chi connectivity index (χ3n) is 2.66. The minimum absolute atomic E-state index is 0.207. The highest BCUT2D eigenvalue weighted by molar-refractivity contribution is 5.89. The second-order valence-corrected chi connectivity index (χ2v) is 4.78. The van der Waals surface area contributed by atoms with Crippen LogP contribution in [-0.4, -0.2) is 17.4 Å². The quantitative estimate of drug-likeness (QED) is 0.666. The molecule has 0 aliphatic carbocycles. The molecule has 0 aliphatic heterocycles. The molecule has 0 heterocycles. The van der Waals surface area contributed by atoms with Crippen LogP contribution in [0.3, 0.4) is 0 Å². The maximum atomic E-state index is 11.7. The summed E-state index contributed by atoms with van der Waals surface area (Å²) in [6.45, 7) is 3.15. The van der Waals surface area contributed by atoms with Gasteiger partial charge in [0.2, 0.25) is 11.8 Å². The average molecular weight is 249 g/mol. The van der Waals surface area contributed by atoms with Gasteiger partial charge in [0.25, 0.3) is 0 Å². The molecule has 1 aromatic carbocycles. The number of hydrogen-bond donors (Lipinski definition) is 3. The molecule has 0 fully saturated rings. The first-order chi connectivity index (χ1) is 8.31. The molecule has 98 valence electrons. The zero-order valence-corrected chi connectivity index (χ0v) is 10.7. The summed E-state index contributed by atoms with van der Waals surface area (Å²) >= 11 is 0. The van der Waals surface area contributed by atoms with Crippen LogP contribution in [0.1, 0.15) is 25.8 Å². The number of rotatable bonds is 5. The fourth-order valence-electron chi connectivity index (χ4n) is 1.48. The van der Waals surface area contributed by atoms with Gasteiger partial charge >= 0.3 is 0 Å². The number of hydrogen-bond acceptors (Lipinski definition) is 3. The normalized spacial score (nSPS) is 11.0. The highest BCUT2D eigenvalue weighted by atomic mass is 16.2. The van der Waals surface area contributed by atoms with E-state index in [1.54, 1.807) is 19.9 Å². The van der Waals surface area contributed by atoms with Crippen LogP contribution >= 0.6 is 0 Å². The second-order valence-electron chi connectivity index (χ2n) is 4.78. The summed E-state index contributed by atoms with van der Waals surface area (Å²) in [6.07, 6.45) is 0.867. The molecule has 0 bridgehead atoms. The van der Waals surface area contributed by atoms with Crippen LogP contribution in [0.2, 0.25) is 0 Å². The van der Waals surface area contributed by atoms with Gasteiger partial charge in [0.05, 0.1) is 0 Å². The molecule has 0 atom stereocenters. The number of nitrogen functional groups attached to an aromatic ring is 1. The minimum atomic E-state index is -1.02. The summed E-state index contributed by atoms with van der Waals surface area (Å²) in [6, 6.07) is 7.37. The van der Waals surface area contributed by atoms with Crippen LogP contribution in [0.15, 0.2) is 24.3 Å². The number of nitrogens with two attached hydrogens (primary N) is 2. The van der Waals surface area contributed by atoms with Crippen molar-refractivity contribution in [3.63, 3.8) is 0 Å². The van der Waals surface area contributed by atoms with Gasteiger partial charge in [-0.15, -0.1) is 0 Å². The predicted octanol–water partition coefficient (Wildman–Crippen LogP) is 0.582. The number of carbonyl (C=O) groups excluding carboxylic acids is 2. The van der Waals surface area contributed by atoms with E-state index in [0.29, 0.717) is 18.5 Å². The van der Waals surface area contributed by atoms with E-state index in [-0.39, 0.29) is 5.91 Å². The van der Waals surface area contributed by atoms with Gasteiger partial charge in [-0.05, 0) is 38.0 Å². The second kappa shape index (κ2) is 5.53. The summed E-state index contributed by atoms with van der Waals surface area (Å²) in [4.78, 5) is 22.7. The van der Waals surface area contributed by atoms with E-state index in [2.05, 4.69) is 5.32 Å². The number of nitrogens with one attached hydrogen (secondary N) is 1. The number of carbonyl (C=O) groups is 2. The molecule has 0 radical (unpaired) electrons. The Morgan fingerprint density at radius 2 is 2.00 bits per heavy atom. The van der Waals surface area contributed by atoms with Crippen LogP contribution < -0.4 is 16.8 Å². The van der Waals surface area contributed by atoms with Crippen LogP contribution in [-0.2, 0) is 16.0 Å². The van der Waals surface area contributed by atoms with Gasteiger partial charge in [-0.2, -0.15) is 0 Å². The van der Waals surface area contributed by atoms with Crippen molar-refractivity contribution in [1.29, 1.82) is 0 Å². The highest BCUT2D eigenvalue weighted by Crippen LogP contribution is 2.09. The van der Waals surface area contributed by atoms with Crippen molar-refractivity contribution >= 4 is 17.5 Å². The van der Waals surface area contributed by atoms with E-state index in [1.807, 2.05) is 18.2 Å². The number of primary amides is 1. The summed E-state index contributed by atoms with van der Waals surface area (Å²) in [5, 5.41) is 2.60. The molecule has 18 heavy (non-hydrogen) atoms. The highest BCUT2D eigenvalue weighted by Gasteiger charge is 2.26. The van der Waals surface area contributed by atoms with E-state index in [9.17, 15) is 9.59 Å². The topological polar surface area (TPSA) is 98.2 Å². The standard InChI is InChI=1S/C13H19N3O2/c1-13(2,12(15)18)16-11(17)7-6-9-4-3-5-10(14)8-9/h3-5,8H,6-7,14H2,1-2H3,(H2,15,18)(H,16,17). The van der Waals surface area contributed by atoms with Crippen molar-refractivity contribution < 1.29 is 9.59 Å². The Morgan fingerprint density at radius 1 is 1.33 bits per heavy atom. The van der Waals surface area contributed by atoms with E-state index in [4.69, 9.17) is 11.5 Å². The first-order valence-corrected chi connectivity index (χ1v) is 5.76. The summed E-state index contributed by atoms with van der Waals surface area (Å²) in [7, 11) is 0. The molecule has 1 rings (SSSR count). The number of anilines is 1. The molecule has 5 N–H and O–H groups in total. The lowest BCUT2D eigenvalue weighted by atomic mass is 10.0. The SMILES string of the molecule is CC(C)(NC(=O)CCc1cccc(N)c1)C(N)=O. The van der Waals surface area contributed by atoms with Crippen molar-refractivity contribution in [2.75, 3.05) is 5.73 Å². The maximum Gasteiger partial charge on any atom is 0.242 e. The molecule has 0 aromatic heterocycles. The Balaban J connectivity index is 2.50. The van der Waals surface area contributed by atoms with Crippen LogP contribution in [0.4, 0.5) is 5.69 Å². The first kappa shape index (κ1) is 14.0. The van der Waals surface area contributed by atoms with Crippen molar-refractivity contribution in [2.24, 2.45) is 5.73 Å². The van der Waals surface area contributed by atoms with Crippen molar-refractivity contribution in [2.45, 2.75) is 32.2 Å². The van der Waals surface area contributed by atoms with E-state index >= 15 is 0 Å². The fraction of sp³-hybridized carbons (Fsp3) is 0.385. The van der Waals surface area contributed by atoms with Crippen LogP contribution in [0.5, 0.6) is 0 Å². The van der Waals surface area contributed by atoms with E-state index < -0.39 is 11.4 Å². The van der Waals surface area contributed by atoms with Gasteiger partial charge < -0.3 is 16.8 Å². The Labute approximate surface area is 107 Å². The molecule has 5 heteroatoms. The summed E-state index contributed by atoms with van der Waals surface area (Å²) in [5.74, 6) is -0.763. The Bertz CT molecular complexity index is 455. The van der Waals surface area contributed by atoms with Gasteiger partial charge in [0, 0.05) is 12.1 Å². The molecule has 0 saturated carbocycles. The third kappa shape index (κ3) is 4.08. The Kier molecular flexibility index (Phi) is 4.31. The molecular weight excluding hydrogens is 230 g/mol.